The molecule has 0 spiro atoms. The highest BCUT2D eigenvalue weighted by atomic mass is 32.2. The van der Waals surface area contributed by atoms with Crippen molar-refractivity contribution >= 4 is 23.8 Å². The number of unbranched alkanes of at least 4 members (excludes halogenated alkanes) is 3. The van der Waals surface area contributed by atoms with E-state index in [1.165, 1.54) is 18.6 Å². The van der Waals surface area contributed by atoms with Crippen molar-refractivity contribution < 1.29 is 14.7 Å². The Bertz CT molecular complexity index is 342. The van der Waals surface area contributed by atoms with Crippen LogP contribution in [0.4, 0.5) is 4.79 Å². The lowest BCUT2D eigenvalue weighted by Crippen LogP contribution is -2.48. The van der Waals surface area contributed by atoms with Crippen LogP contribution in [0.2, 0.25) is 0 Å². The molecule has 0 saturated carbocycles. The van der Waals surface area contributed by atoms with Crippen molar-refractivity contribution in [3.05, 3.63) is 0 Å². The smallest absolute Gasteiger partial charge is 0.317 e. The third kappa shape index (κ3) is 6.16. The van der Waals surface area contributed by atoms with Crippen molar-refractivity contribution in [1.29, 1.82) is 0 Å². The van der Waals surface area contributed by atoms with Crippen LogP contribution in [0.3, 0.4) is 0 Å². The van der Waals surface area contributed by atoms with Gasteiger partial charge in [0.05, 0.1) is 5.41 Å². The predicted octanol–water partition coefficient (Wildman–Crippen LogP) is 2.81. The van der Waals surface area contributed by atoms with Crippen molar-refractivity contribution in [2.24, 2.45) is 5.41 Å². The Morgan fingerprint density at radius 3 is 2.38 bits per heavy atom. The first kappa shape index (κ1) is 18.1. The van der Waals surface area contributed by atoms with E-state index in [0.717, 1.165) is 12.8 Å². The zero-order chi connectivity index (χ0) is 15.7. The molecule has 2 amide bonds. The summed E-state index contributed by atoms with van der Waals surface area (Å²) in [5.41, 5.74) is -0.673. The van der Waals surface area contributed by atoms with Crippen LogP contribution in [0.25, 0.3) is 0 Å². The highest BCUT2D eigenvalue weighted by Crippen LogP contribution is 2.30. The SMILES string of the molecule is CSCCCCCCNC(=O)N1CCC(C)(C(=O)O)CC1. The summed E-state index contributed by atoms with van der Waals surface area (Å²) in [5, 5.41) is 12.1. The fourth-order valence-corrected chi connectivity index (χ4v) is 2.94. The van der Waals surface area contributed by atoms with Crippen LogP contribution in [0.1, 0.15) is 45.4 Å². The Morgan fingerprint density at radius 2 is 1.81 bits per heavy atom. The maximum Gasteiger partial charge on any atom is 0.317 e. The number of aliphatic carboxylic acids is 1. The first-order chi connectivity index (χ1) is 9.99. The van der Waals surface area contributed by atoms with Gasteiger partial charge in [-0.25, -0.2) is 4.79 Å². The van der Waals surface area contributed by atoms with Crippen LogP contribution >= 0.6 is 11.8 Å². The average Bonchev–Trinajstić information content (AvgIpc) is 2.46. The standard InChI is InChI=1S/C15H28N2O3S/c1-15(13(18)19)7-10-17(11-8-15)14(20)16-9-5-3-4-6-12-21-2/h3-12H2,1-2H3,(H,16,20)(H,18,19). The van der Waals surface area contributed by atoms with Crippen molar-refractivity contribution in [1.82, 2.24) is 10.2 Å². The van der Waals surface area contributed by atoms with Crippen LogP contribution in [0.5, 0.6) is 0 Å². The van der Waals surface area contributed by atoms with E-state index in [2.05, 4.69) is 11.6 Å². The molecule has 1 rings (SSSR count). The van der Waals surface area contributed by atoms with Gasteiger partial charge < -0.3 is 15.3 Å². The molecule has 0 aromatic heterocycles. The quantitative estimate of drug-likeness (QED) is 0.676. The average molecular weight is 316 g/mol. The highest BCUT2D eigenvalue weighted by Gasteiger charge is 2.37. The van der Waals surface area contributed by atoms with Crippen molar-refractivity contribution in [3.8, 4) is 0 Å². The molecular formula is C15H28N2O3S. The number of amides is 2. The number of carboxylic acids is 1. The van der Waals surface area contributed by atoms with Gasteiger partial charge in [0, 0.05) is 19.6 Å². The van der Waals surface area contributed by atoms with Gasteiger partial charge in [-0.3, -0.25) is 4.79 Å². The van der Waals surface area contributed by atoms with Gasteiger partial charge in [0.2, 0.25) is 0 Å². The highest BCUT2D eigenvalue weighted by molar-refractivity contribution is 7.98. The minimum absolute atomic E-state index is 0.0495. The number of rotatable bonds is 8. The molecule has 1 fully saturated rings. The Morgan fingerprint density at radius 1 is 1.19 bits per heavy atom. The molecule has 0 aromatic rings. The number of urea groups is 1. The molecule has 0 aliphatic carbocycles. The topological polar surface area (TPSA) is 69.6 Å². The second-order valence-corrected chi connectivity index (χ2v) is 6.98. The fourth-order valence-electron chi connectivity index (χ4n) is 2.45. The van der Waals surface area contributed by atoms with Gasteiger partial charge in [0.25, 0.3) is 0 Å². The summed E-state index contributed by atoms with van der Waals surface area (Å²) < 4.78 is 0. The monoisotopic (exact) mass is 316 g/mol. The zero-order valence-electron chi connectivity index (χ0n) is 13.2. The van der Waals surface area contributed by atoms with Gasteiger partial charge in [0.15, 0.2) is 0 Å². The summed E-state index contributed by atoms with van der Waals surface area (Å²) in [6.45, 7) is 3.54. The molecule has 0 aromatic carbocycles. The molecule has 1 aliphatic rings. The Kier molecular flexibility index (Phi) is 7.93. The molecular weight excluding hydrogens is 288 g/mol. The van der Waals surface area contributed by atoms with E-state index in [4.69, 9.17) is 5.11 Å². The first-order valence-corrected chi connectivity index (χ1v) is 9.14. The number of hydrogen-bond donors (Lipinski definition) is 2. The van der Waals surface area contributed by atoms with Crippen molar-refractivity contribution in [3.63, 3.8) is 0 Å². The molecule has 5 nitrogen and oxygen atoms in total. The molecule has 0 unspecified atom stereocenters. The second-order valence-electron chi connectivity index (χ2n) is 5.99. The van der Waals surface area contributed by atoms with Gasteiger partial charge >= 0.3 is 12.0 Å². The third-order valence-corrected chi connectivity index (χ3v) is 4.92. The number of thioether (sulfide) groups is 1. The molecule has 1 aliphatic heterocycles. The maximum atomic E-state index is 12.0. The summed E-state index contributed by atoms with van der Waals surface area (Å²) in [4.78, 5) is 24.9. The summed E-state index contributed by atoms with van der Waals surface area (Å²) >= 11 is 1.87. The van der Waals surface area contributed by atoms with E-state index >= 15 is 0 Å². The molecule has 1 saturated heterocycles. The Balaban J connectivity index is 2.13. The van der Waals surface area contributed by atoms with E-state index in [-0.39, 0.29) is 6.03 Å². The van der Waals surface area contributed by atoms with Gasteiger partial charge in [-0.2, -0.15) is 11.8 Å². The molecule has 0 atom stereocenters. The van der Waals surface area contributed by atoms with E-state index < -0.39 is 11.4 Å². The van der Waals surface area contributed by atoms with Gasteiger partial charge in [-0.05, 0) is 44.6 Å². The minimum atomic E-state index is -0.757. The van der Waals surface area contributed by atoms with E-state index in [1.54, 1.807) is 11.8 Å². The molecule has 122 valence electrons. The fraction of sp³-hybridized carbons (Fsp3) is 0.867. The second kappa shape index (κ2) is 9.18. The molecule has 0 radical (unpaired) electrons. The summed E-state index contributed by atoms with van der Waals surface area (Å²) in [5.74, 6) is 0.454. The number of hydrogen-bond acceptors (Lipinski definition) is 3. The maximum absolute atomic E-state index is 12.0. The number of piperidine rings is 1. The first-order valence-electron chi connectivity index (χ1n) is 7.75. The van der Waals surface area contributed by atoms with Crippen molar-refractivity contribution in [2.75, 3.05) is 31.6 Å². The van der Waals surface area contributed by atoms with Crippen LogP contribution in [0.15, 0.2) is 0 Å². The normalized spacial score (nSPS) is 17.5. The van der Waals surface area contributed by atoms with Crippen molar-refractivity contribution in [2.45, 2.75) is 45.4 Å². The number of carbonyl (C=O) groups is 2. The van der Waals surface area contributed by atoms with Crippen LogP contribution in [-0.4, -0.2) is 53.6 Å². The molecule has 6 heteroatoms. The minimum Gasteiger partial charge on any atom is -0.481 e. The van der Waals surface area contributed by atoms with Gasteiger partial charge in [-0.15, -0.1) is 0 Å². The summed E-state index contributed by atoms with van der Waals surface area (Å²) in [6.07, 6.45) is 7.81. The number of carbonyl (C=O) groups excluding carboxylic acids is 1. The molecule has 2 N–H and O–H groups in total. The van der Waals surface area contributed by atoms with E-state index in [1.807, 2.05) is 11.8 Å². The molecule has 0 bridgehead atoms. The van der Waals surface area contributed by atoms with Gasteiger partial charge in [0.1, 0.15) is 0 Å². The number of likely N-dealkylation sites (tertiary alicyclic amines) is 1. The van der Waals surface area contributed by atoms with E-state index in [9.17, 15) is 9.59 Å². The van der Waals surface area contributed by atoms with Crippen LogP contribution in [0, 0.1) is 5.41 Å². The lowest BCUT2D eigenvalue weighted by Gasteiger charge is -2.36. The lowest BCUT2D eigenvalue weighted by atomic mass is 9.80. The van der Waals surface area contributed by atoms with Crippen LogP contribution in [-0.2, 0) is 4.79 Å². The number of nitrogens with one attached hydrogen (secondary N) is 1. The third-order valence-electron chi connectivity index (χ3n) is 4.22. The number of nitrogens with zero attached hydrogens (tertiary/aromatic N) is 1. The lowest BCUT2D eigenvalue weighted by molar-refractivity contribution is -0.150. The Hall–Kier alpha value is -0.910. The molecule has 1 heterocycles. The van der Waals surface area contributed by atoms with Gasteiger partial charge in [-0.1, -0.05) is 12.8 Å². The summed E-state index contributed by atoms with van der Waals surface area (Å²) in [7, 11) is 0. The predicted molar refractivity (Wildman–Crippen MR) is 86.8 cm³/mol. The zero-order valence-corrected chi connectivity index (χ0v) is 14.0. The summed E-state index contributed by atoms with van der Waals surface area (Å²) in [6, 6.07) is -0.0495. The van der Waals surface area contributed by atoms with E-state index in [0.29, 0.717) is 32.5 Å². The van der Waals surface area contributed by atoms with Crippen LogP contribution < -0.4 is 5.32 Å². The Labute approximate surface area is 131 Å². The largest absolute Gasteiger partial charge is 0.481 e. The molecule has 21 heavy (non-hydrogen) atoms. The number of carboxylic acid groups (broad SMARTS) is 1.